The number of carbonyl (C=O) groups is 1. The maximum absolute atomic E-state index is 11.9. The molecule has 0 saturated carbocycles. The number of rotatable bonds is 5. The lowest BCUT2D eigenvalue weighted by molar-refractivity contribution is 0.0920. The second kappa shape index (κ2) is 6.56. The van der Waals surface area contributed by atoms with Crippen LogP contribution in [0.3, 0.4) is 0 Å². The first kappa shape index (κ1) is 14.5. The van der Waals surface area contributed by atoms with E-state index in [1.165, 1.54) is 12.0 Å². The van der Waals surface area contributed by atoms with Crippen LogP contribution in [-0.2, 0) is 0 Å². The third-order valence-electron chi connectivity index (χ3n) is 4.02. The number of nitrogens with one attached hydrogen (secondary N) is 1. The van der Waals surface area contributed by atoms with Crippen LogP contribution in [0.5, 0.6) is 5.75 Å². The Morgan fingerprint density at radius 2 is 2.18 bits per heavy atom. The Bertz CT molecular complexity index is 607. The average molecular weight is 300 g/mol. The summed E-state index contributed by atoms with van der Waals surface area (Å²) in [5.74, 6) is 1.55. The number of amides is 1. The summed E-state index contributed by atoms with van der Waals surface area (Å²) < 4.78 is 10.3. The second-order valence-corrected chi connectivity index (χ2v) is 5.49. The minimum Gasteiger partial charge on any atom is -0.497 e. The summed E-state index contributed by atoms with van der Waals surface area (Å²) in [7, 11) is 1.67. The van der Waals surface area contributed by atoms with E-state index in [1.807, 2.05) is 12.1 Å². The molecular weight excluding hydrogens is 280 g/mol. The van der Waals surface area contributed by atoms with Crippen molar-refractivity contribution in [3.05, 3.63) is 48.4 Å². The van der Waals surface area contributed by atoms with E-state index in [0.717, 1.165) is 25.3 Å². The number of carbonyl (C=O) groups excluding carboxylic acids is 1. The number of furan rings is 1. The Labute approximate surface area is 129 Å². The molecule has 1 amide bonds. The predicted octanol–water partition coefficient (Wildman–Crippen LogP) is 2.54. The van der Waals surface area contributed by atoms with Crippen molar-refractivity contribution < 1.29 is 13.9 Å². The molecule has 0 radical (unpaired) electrons. The van der Waals surface area contributed by atoms with Crippen LogP contribution in [-0.4, -0.2) is 32.7 Å². The predicted molar refractivity (Wildman–Crippen MR) is 84.4 cm³/mol. The fourth-order valence-electron chi connectivity index (χ4n) is 2.76. The molecule has 1 saturated heterocycles. The van der Waals surface area contributed by atoms with Crippen molar-refractivity contribution in [3.8, 4) is 5.75 Å². The summed E-state index contributed by atoms with van der Waals surface area (Å²) in [6, 6.07) is 11.5. The van der Waals surface area contributed by atoms with Gasteiger partial charge in [-0.25, -0.2) is 0 Å². The highest BCUT2D eigenvalue weighted by Crippen LogP contribution is 2.25. The van der Waals surface area contributed by atoms with Gasteiger partial charge in [0.15, 0.2) is 5.76 Å². The summed E-state index contributed by atoms with van der Waals surface area (Å²) in [5.41, 5.74) is 1.20. The molecule has 1 atom stereocenters. The molecule has 3 rings (SSSR count). The zero-order valence-electron chi connectivity index (χ0n) is 12.6. The number of hydrogen-bond acceptors (Lipinski definition) is 4. The van der Waals surface area contributed by atoms with Gasteiger partial charge in [0.1, 0.15) is 5.75 Å². The highest BCUT2D eigenvalue weighted by atomic mass is 16.5. The molecule has 0 aliphatic carbocycles. The van der Waals surface area contributed by atoms with E-state index < -0.39 is 0 Å². The Balaban J connectivity index is 1.50. The molecule has 5 nitrogen and oxygen atoms in total. The third-order valence-corrected chi connectivity index (χ3v) is 4.02. The van der Waals surface area contributed by atoms with Gasteiger partial charge >= 0.3 is 0 Å². The lowest BCUT2D eigenvalue weighted by Crippen LogP contribution is -2.30. The largest absolute Gasteiger partial charge is 0.497 e. The molecule has 1 aliphatic rings. The molecule has 1 aromatic carbocycles. The normalized spacial score (nSPS) is 17.5. The molecule has 1 N–H and O–H groups in total. The Morgan fingerprint density at radius 3 is 2.86 bits per heavy atom. The molecule has 2 aromatic rings. The fourth-order valence-corrected chi connectivity index (χ4v) is 2.76. The maximum Gasteiger partial charge on any atom is 0.286 e. The SMILES string of the molecule is COc1ccc(N2CCC(CNC(=O)c3ccco3)C2)cc1. The Morgan fingerprint density at radius 1 is 1.36 bits per heavy atom. The summed E-state index contributed by atoms with van der Waals surface area (Å²) in [4.78, 5) is 14.2. The van der Waals surface area contributed by atoms with Crippen molar-refractivity contribution in [2.24, 2.45) is 5.92 Å². The van der Waals surface area contributed by atoms with Gasteiger partial charge in [-0.15, -0.1) is 0 Å². The molecule has 2 heterocycles. The van der Waals surface area contributed by atoms with Gasteiger partial charge in [0.25, 0.3) is 5.91 Å². The van der Waals surface area contributed by atoms with Gasteiger partial charge < -0.3 is 19.4 Å². The van der Waals surface area contributed by atoms with Crippen molar-refractivity contribution in [1.29, 1.82) is 0 Å². The summed E-state index contributed by atoms with van der Waals surface area (Å²) >= 11 is 0. The standard InChI is InChI=1S/C17H20N2O3/c1-21-15-6-4-14(5-7-15)19-9-8-13(12-19)11-18-17(20)16-3-2-10-22-16/h2-7,10,13H,8-9,11-12H2,1H3,(H,18,20). The number of benzene rings is 1. The molecular formula is C17H20N2O3. The maximum atomic E-state index is 11.9. The van der Waals surface area contributed by atoms with Crippen molar-refractivity contribution in [1.82, 2.24) is 5.32 Å². The highest BCUT2D eigenvalue weighted by molar-refractivity contribution is 5.91. The average Bonchev–Trinajstić information content (AvgIpc) is 3.24. The van der Waals surface area contributed by atoms with Gasteiger partial charge in [-0.2, -0.15) is 0 Å². The van der Waals surface area contributed by atoms with Gasteiger partial charge in [0, 0.05) is 25.3 Å². The molecule has 0 spiro atoms. The topological polar surface area (TPSA) is 54.7 Å². The van der Waals surface area contributed by atoms with Crippen molar-refractivity contribution >= 4 is 11.6 Å². The number of hydrogen-bond donors (Lipinski definition) is 1. The van der Waals surface area contributed by atoms with Crippen LogP contribution in [0.2, 0.25) is 0 Å². The van der Waals surface area contributed by atoms with Crippen molar-refractivity contribution in [3.63, 3.8) is 0 Å². The summed E-state index contributed by atoms with van der Waals surface area (Å²) in [6.07, 6.45) is 2.58. The first-order chi connectivity index (χ1) is 10.8. The van der Waals surface area contributed by atoms with Crippen molar-refractivity contribution in [2.45, 2.75) is 6.42 Å². The summed E-state index contributed by atoms with van der Waals surface area (Å²) in [5, 5.41) is 2.94. The van der Waals surface area contributed by atoms with Gasteiger partial charge in [-0.1, -0.05) is 0 Å². The summed E-state index contributed by atoms with van der Waals surface area (Å²) in [6.45, 7) is 2.63. The number of ether oxygens (including phenoxy) is 1. The van der Waals surface area contributed by atoms with E-state index in [-0.39, 0.29) is 5.91 Å². The first-order valence-electron chi connectivity index (χ1n) is 7.47. The van der Waals surface area contributed by atoms with Gasteiger partial charge in [-0.3, -0.25) is 4.79 Å². The first-order valence-corrected chi connectivity index (χ1v) is 7.47. The van der Waals surface area contributed by atoms with Gasteiger partial charge in [0.05, 0.1) is 13.4 Å². The van der Waals surface area contributed by atoms with E-state index in [0.29, 0.717) is 18.2 Å². The molecule has 116 valence electrons. The van der Waals surface area contributed by atoms with Gasteiger partial charge in [0.2, 0.25) is 0 Å². The van der Waals surface area contributed by atoms with Crippen LogP contribution >= 0.6 is 0 Å². The highest BCUT2D eigenvalue weighted by Gasteiger charge is 2.23. The van der Waals surface area contributed by atoms with Crippen LogP contribution in [0.1, 0.15) is 17.0 Å². The van der Waals surface area contributed by atoms with E-state index in [2.05, 4.69) is 22.3 Å². The van der Waals surface area contributed by atoms with Gasteiger partial charge in [-0.05, 0) is 48.7 Å². The molecule has 5 heteroatoms. The lowest BCUT2D eigenvalue weighted by Gasteiger charge is -2.19. The number of anilines is 1. The smallest absolute Gasteiger partial charge is 0.286 e. The molecule has 1 fully saturated rings. The van der Waals surface area contributed by atoms with Crippen LogP contribution < -0.4 is 15.0 Å². The number of methoxy groups -OCH3 is 1. The third kappa shape index (κ3) is 3.24. The molecule has 1 aliphatic heterocycles. The molecule has 0 bridgehead atoms. The molecule has 1 aromatic heterocycles. The molecule has 1 unspecified atom stereocenters. The second-order valence-electron chi connectivity index (χ2n) is 5.49. The monoisotopic (exact) mass is 300 g/mol. The molecule has 22 heavy (non-hydrogen) atoms. The van der Waals surface area contributed by atoms with E-state index in [1.54, 1.807) is 19.2 Å². The van der Waals surface area contributed by atoms with Crippen LogP contribution in [0.25, 0.3) is 0 Å². The van der Waals surface area contributed by atoms with Crippen LogP contribution in [0.15, 0.2) is 47.1 Å². The van der Waals surface area contributed by atoms with Crippen LogP contribution in [0, 0.1) is 5.92 Å². The van der Waals surface area contributed by atoms with Crippen LogP contribution in [0.4, 0.5) is 5.69 Å². The Kier molecular flexibility index (Phi) is 4.32. The Hall–Kier alpha value is -2.43. The van der Waals surface area contributed by atoms with Crippen molar-refractivity contribution in [2.75, 3.05) is 31.6 Å². The zero-order valence-corrected chi connectivity index (χ0v) is 12.6. The fraction of sp³-hybridized carbons (Fsp3) is 0.353. The van der Waals surface area contributed by atoms with E-state index >= 15 is 0 Å². The van der Waals surface area contributed by atoms with E-state index in [9.17, 15) is 4.79 Å². The lowest BCUT2D eigenvalue weighted by atomic mass is 10.1. The zero-order chi connectivity index (χ0) is 15.4. The minimum atomic E-state index is -0.145. The number of nitrogens with zero attached hydrogens (tertiary/aromatic N) is 1. The van der Waals surface area contributed by atoms with E-state index in [4.69, 9.17) is 9.15 Å². The quantitative estimate of drug-likeness (QED) is 0.922. The minimum absolute atomic E-state index is 0.145.